The molecule has 3 nitrogen and oxygen atoms in total. The number of carbonyl (C=O) groups excluding carboxylic acids is 1. The van der Waals surface area contributed by atoms with Gasteiger partial charge in [0.2, 0.25) is 5.91 Å². The molecule has 0 saturated carbocycles. The van der Waals surface area contributed by atoms with E-state index >= 15 is 0 Å². The second kappa shape index (κ2) is 9.96. The Morgan fingerprint density at radius 2 is 1.84 bits per heavy atom. The monoisotopic (exact) mass is 326 g/mol. The standard InChI is InChI=1S/C15H23BrN2O/c1-2-3-4-5-6-7-8-9-15(19)18-13-10-11-14(16)17-12-13/h10-12H,2-9H2,1H3,(H,18,19). The molecule has 0 fully saturated rings. The Bertz CT molecular complexity index is 365. The third kappa shape index (κ3) is 7.98. The first-order chi connectivity index (χ1) is 9.22. The molecule has 19 heavy (non-hydrogen) atoms. The number of rotatable bonds is 9. The van der Waals surface area contributed by atoms with Crippen molar-refractivity contribution in [2.24, 2.45) is 0 Å². The first-order valence-corrected chi connectivity index (χ1v) is 7.93. The van der Waals surface area contributed by atoms with Crippen LogP contribution in [0.5, 0.6) is 0 Å². The Hall–Kier alpha value is -0.900. The molecule has 1 aromatic heterocycles. The average molecular weight is 327 g/mol. The minimum Gasteiger partial charge on any atom is -0.325 e. The maximum atomic E-state index is 11.7. The van der Waals surface area contributed by atoms with Crippen LogP contribution in [0.4, 0.5) is 5.69 Å². The molecule has 106 valence electrons. The highest BCUT2D eigenvalue weighted by Crippen LogP contribution is 2.12. The highest BCUT2D eigenvalue weighted by molar-refractivity contribution is 9.10. The quantitative estimate of drug-likeness (QED) is 0.516. The summed E-state index contributed by atoms with van der Waals surface area (Å²) in [6, 6.07) is 3.67. The Morgan fingerprint density at radius 1 is 1.16 bits per heavy atom. The maximum Gasteiger partial charge on any atom is 0.224 e. The maximum absolute atomic E-state index is 11.7. The summed E-state index contributed by atoms with van der Waals surface area (Å²) in [5.74, 6) is 0.0812. The number of unbranched alkanes of at least 4 members (excludes halogenated alkanes) is 6. The SMILES string of the molecule is CCCCCCCCCC(=O)Nc1ccc(Br)nc1. The number of halogens is 1. The molecule has 0 radical (unpaired) electrons. The van der Waals surface area contributed by atoms with E-state index in [1.54, 1.807) is 6.20 Å². The van der Waals surface area contributed by atoms with Crippen LogP contribution in [0.3, 0.4) is 0 Å². The van der Waals surface area contributed by atoms with E-state index in [0.29, 0.717) is 6.42 Å². The lowest BCUT2D eigenvalue weighted by atomic mass is 10.1. The van der Waals surface area contributed by atoms with Crippen LogP contribution in [0.15, 0.2) is 22.9 Å². The lowest BCUT2D eigenvalue weighted by molar-refractivity contribution is -0.116. The Kier molecular flexibility index (Phi) is 8.47. The summed E-state index contributed by atoms with van der Waals surface area (Å²) < 4.78 is 0.776. The van der Waals surface area contributed by atoms with Gasteiger partial charge in [0.1, 0.15) is 4.60 Å². The molecule has 4 heteroatoms. The molecule has 0 bridgehead atoms. The van der Waals surface area contributed by atoms with Gasteiger partial charge in [-0.3, -0.25) is 4.79 Å². The average Bonchev–Trinajstić information content (AvgIpc) is 2.40. The van der Waals surface area contributed by atoms with Crippen molar-refractivity contribution in [2.75, 3.05) is 5.32 Å². The van der Waals surface area contributed by atoms with Gasteiger partial charge in [0.15, 0.2) is 0 Å². The second-order valence-electron chi connectivity index (χ2n) is 4.79. The summed E-state index contributed by atoms with van der Waals surface area (Å²) in [4.78, 5) is 15.8. The smallest absolute Gasteiger partial charge is 0.224 e. The van der Waals surface area contributed by atoms with Crippen molar-refractivity contribution in [2.45, 2.75) is 58.3 Å². The van der Waals surface area contributed by atoms with Crippen molar-refractivity contribution in [1.29, 1.82) is 0 Å². The molecule has 1 N–H and O–H groups in total. The molecule has 0 atom stereocenters. The zero-order valence-electron chi connectivity index (χ0n) is 11.6. The van der Waals surface area contributed by atoms with Crippen LogP contribution in [0, 0.1) is 0 Å². The van der Waals surface area contributed by atoms with Crippen LogP contribution >= 0.6 is 15.9 Å². The molecular formula is C15H23BrN2O. The molecule has 1 amide bonds. The number of hydrogen-bond donors (Lipinski definition) is 1. The van der Waals surface area contributed by atoms with E-state index in [4.69, 9.17) is 0 Å². The lowest BCUT2D eigenvalue weighted by Gasteiger charge is -2.05. The van der Waals surface area contributed by atoms with Crippen LogP contribution < -0.4 is 5.32 Å². The fourth-order valence-corrected chi connectivity index (χ4v) is 2.15. The minimum atomic E-state index is 0.0812. The van der Waals surface area contributed by atoms with Crippen LogP contribution in [-0.2, 0) is 4.79 Å². The number of nitrogens with zero attached hydrogens (tertiary/aromatic N) is 1. The molecular weight excluding hydrogens is 304 g/mol. The summed E-state index contributed by atoms with van der Waals surface area (Å²) in [5.41, 5.74) is 0.760. The Morgan fingerprint density at radius 3 is 2.47 bits per heavy atom. The van der Waals surface area contributed by atoms with Gasteiger partial charge in [-0.05, 0) is 34.5 Å². The number of nitrogens with one attached hydrogen (secondary N) is 1. The zero-order chi connectivity index (χ0) is 13.9. The van der Waals surface area contributed by atoms with E-state index in [-0.39, 0.29) is 5.91 Å². The van der Waals surface area contributed by atoms with E-state index in [1.165, 1.54) is 32.1 Å². The van der Waals surface area contributed by atoms with Gasteiger partial charge in [-0.25, -0.2) is 4.98 Å². The van der Waals surface area contributed by atoms with Crippen molar-refractivity contribution in [3.05, 3.63) is 22.9 Å². The number of anilines is 1. The van der Waals surface area contributed by atoms with Crippen molar-refractivity contribution in [3.8, 4) is 0 Å². The molecule has 1 rings (SSSR count). The summed E-state index contributed by atoms with van der Waals surface area (Å²) in [5, 5.41) is 2.86. The van der Waals surface area contributed by atoms with E-state index < -0.39 is 0 Å². The first-order valence-electron chi connectivity index (χ1n) is 7.13. The number of carbonyl (C=O) groups is 1. The predicted octanol–water partition coefficient (Wildman–Crippen LogP) is 4.92. The highest BCUT2D eigenvalue weighted by Gasteiger charge is 2.02. The number of amides is 1. The largest absolute Gasteiger partial charge is 0.325 e. The Balaban J connectivity index is 2.06. The molecule has 0 unspecified atom stereocenters. The van der Waals surface area contributed by atoms with Crippen LogP contribution in [-0.4, -0.2) is 10.9 Å². The van der Waals surface area contributed by atoms with E-state index in [0.717, 1.165) is 23.1 Å². The van der Waals surface area contributed by atoms with Gasteiger partial charge < -0.3 is 5.32 Å². The number of aromatic nitrogens is 1. The first kappa shape index (κ1) is 16.2. The van der Waals surface area contributed by atoms with E-state index in [2.05, 4.69) is 33.2 Å². The van der Waals surface area contributed by atoms with Crippen molar-refractivity contribution < 1.29 is 4.79 Å². The van der Waals surface area contributed by atoms with Gasteiger partial charge in [-0.2, -0.15) is 0 Å². The molecule has 0 spiro atoms. The van der Waals surface area contributed by atoms with Gasteiger partial charge in [0.05, 0.1) is 11.9 Å². The predicted molar refractivity (Wildman–Crippen MR) is 83.2 cm³/mol. The van der Waals surface area contributed by atoms with Gasteiger partial charge in [0.25, 0.3) is 0 Å². The number of pyridine rings is 1. The van der Waals surface area contributed by atoms with Crippen LogP contribution in [0.2, 0.25) is 0 Å². The Labute approximate surface area is 124 Å². The fraction of sp³-hybridized carbons (Fsp3) is 0.600. The third-order valence-corrected chi connectivity index (χ3v) is 3.49. The fourth-order valence-electron chi connectivity index (χ4n) is 1.92. The molecule has 0 aromatic carbocycles. The molecule has 0 aliphatic heterocycles. The van der Waals surface area contributed by atoms with Crippen LogP contribution in [0.25, 0.3) is 0 Å². The molecule has 0 aliphatic carbocycles. The zero-order valence-corrected chi connectivity index (χ0v) is 13.2. The topological polar surface area (TPSA) is 42.0 Å². The molecule has 0 aliphatic rings. The van der Waals surface area contributed by atoms with Gasteiger partial charge >= 0.3 is 0 Å². The molecule has 0 saturated heterocycles. The molecule has 1 aromatic rings. The summed E-state index contributed by atoms with van der Waals surface area (Å²) in [6.07, 6.45) is 10.9. The van der Waals surface area contributed by atoms with E-state index in [9.17, 15) is 4.79 Å². The van der Waals surface area contributed by atoms with Crippen molar-refractivity contribution in [3.63, 3.8) is 0 Å². The van der Waals surface area contributed by atoms with Gasteiger partial charge in [0, 0.05) is 6.42 Å². The third-order valence-electron chi connectivity index (χ3n) is 3.02. The summed E-state index contributed by atoms with van der Waals surface area (Å²) in [7, 11) is 0. The molecule has 1 heterocycles. The number of hydrogen-bond acceptors (Lipinski definition) is 2. The lowest BCUT2D eigenvalue weighted by Crippen LogP contribution is -2.11. The van der Waals surface area contributed by atoms with Gasteiger partial charge in [-0.15, -0.1) is 0 Å². The summed E-state index contributed by atoms with van der Waals surface area (Å²) in [6.45, 7) is 2.22. The highest BCUT2D eigenvalue weighted by atomic mass is 79.9. The van der Waals surface area contributed by atoms with Crippen molar-refractivity contribution in [1.82, 2.24) is 4.98 Å². The van der Waals surface area contributed by atoms with Crippen LogP contribution in [0.1, 0.15) is 58.3 Å². The second-order valence-corrected chi connectivity index (χ2v) is 5.60. The summed E-state index contributed by atoms with van der Waals surface area (Å²) >= 11 is 3.26. The van der Waals surface area contributed by atoms with Gasteiger partial charge in [-0.1, -0.05) is 45.4 Å². The van der Waals surface area contributed by atoms with Crippen molar-refractivity contribution >= 4 is 27.5 Å². The minimum absolute atomic E-state index is 0.0812. The van der Waals surface area contributed by atoms with E-state index in [1.807, 2.05) is 12.1 Å². The normalized spacial score (nSPS) is 10.4.